The summed E-state index contributed by atoms with van der Waals surface area (Å²) in [6.07, 6.45) is 0. The van der Waals surface area contributed by atoms with E-state index in [1.807, 2.05) is 6.92 Å². The zero-order valence-electron chi connectivity index (χ0n) is 11.5. The Morgan fingerprint density at radius 2 is 2.05 bits per heavy atom. The fourth-order valence-electron chi connectivity index (χ4n) is 1.74. The van der Waals surface area contributed by atoms with Gasteiger partial charge in [0.25, 0.3) is 5.91 Å². The minimum Gasteiger partial charge on any atom is -0.497 e. The van der Waals surface area contributed by atoms with E-state index in [1.165, 1.54) is 14.2 Å². The van der Waals surface area contributed by atoms with E-state index in [2.05, 4.69) is 15.5 Å². The number of benzene rings is 1. The first-order valence-electron chi connectivity index (χ1n) is 5.90. The first-order chi connectivity index (χ1) is 9.55. The lowest BCUT2D eigenvalue weighted by atomic mass is 10.1. The van der Waals surface area contributed by atoms with E-state index < -0.39 is 0 Å². The molecule has 0 saturated carbocycles. The number of hydrogen-bond acceptors (Lipinski definition) is 5. The van der Waals surface area contributed by atoms with Crippen LogP contribution in [0.3, 0.4) is 0 Å². The number of nitrogens with two attached hydrogens (primary N) is 1. The van der Waals surface area contributed by atoms with E-state index in [-0.39, 0.29) is 17.2 Å². The molecule has 0 saturated heterocycles. The highest BCUT2D eigenvalue weighted by atomic mass is 16.5. The van der Waals surface area contributed by atoms with Crippen molar-refractivity contribution in [3.63, 3.8) is 0 Å². The zero-order valence-corrected chi connectivity index (χ0v) is 11.5. The maximum absolute atomic E-state index is 12.2. The number of carbonyl (C=O) groups is 1. The molecule has 2 aromatic rings. The predicted molar refractivity (Wildman–Crippen MR) is 75.2 cm³/mol. The van der Waals surface area contributed by atoms with Crippen LogP contribution in [0.25, 0.3) is 0 Å². The van der Waals surface area contributed by atoms with Crippen LogP contribution < -0.4 is 20.5 Å². The maximum Gasteiger partial charge on any atom is 0.259 e. The second-order valence-corrected chi connectivity index (χ2v) is 4.18. The lowest BCUT2D eigenvalue weighted by molar-refractivity contribution is 0.102. The second kappa shape index (κ2) is 5.52. The van der Waals surface area contributed by atoms with Gasteiger partial charge in [0, 0.05) is 17.8 Å². The standard InChI is InChI=1S/C13H16N4O3/c1-7-4-11(17-16-7)15-13(18)9-5-8(19-2)6-10(20-3)12(9)14/h4-6H,14H2,1-3H3,(H2,15,16,17,18). The fourth-order valence-corrected chi connectivity index (χ4v) is 1.74. The van der Waals surface area contributed by atoms with Crippen LogP contribution in [0.5, 0.6) is 11.5 Å². The van der Waals surface area contributed by atoms with Gasteiger partial charge < -0.3 is 20.5 Å². The average molecular weight is 276 g/mol. The third kappa shape index (κ3) is 2.66. The summed E-state index contributed by atoms with van der Waals surface area (Å²) in [6, 6.07) is 4.88. The normalized spacial score (nSPS) is 10.2. The summed E-state index contributed by atoms with van der Waals surface area (Å²) < 4.78 is 10.2. The molecule has 1 aromatic carbocycles. The highest BCUT2D eigenvalue weighted by Gasteiger charge is 2.16. The molecule has 0 aliphatic carbocycles. The van der Waals surface area contributed by atoms with Crippen LogP contribution in [0.15, 0.2) is 18.2 Å². The molecule has 1 aromatic heterocycles. The predicted octanol–water partition coefficient (Wildman–Crippen LogP) is 1.57. The number of nitrogen functional groups attached to an aromatic ring is 1. The van der Waals surface area contributed by atoms with Crippen LogP contribution in [0.4, 0.5) is 11.5 Å². The Labute approximate surface area is 116 Å². The van der Waals surface area contributed by atoms with Crippen molar-refractivity contribution in [1.82, 2.24) is 10.2 Å². The highest BCUT2D eigenvalue weighted by molar-refractivity contribution is 6.08. The largest absolute Gasteiger partial charge is 0.497 e. The number of nitrogens with one attached hydrogen (secondary N) is 2. The summed E-state index contributed by atoms with van der Waals surface area (Å²) in [7, 11) is 2.98. The van der Waals surface area contributed by atoms with Crippen molar-refractivity contribution < 1.29 is 14.3 Å². The van der Waals surface area contributed by atoms with Gasteiger partial charge in [0.2, 0.25) is 0 Å². The molecule has 0 aliphatic heterocycles. The number of H-pyrrole nitrogens is 1. The Bertz CT molecular complexity index is 637. The first-order valence-corrected chi connectivity index (χ1v) is 5.90. The number of ether oxygens (including phenoxy) is 2. The molecular weight excluding hydrogens is 260 g/mol. The number of amides is 1. The SMILES string of the molecule is COc1cc(OC)c(N)c(C(=O)Nc2cc(C)[nH]n2)c1. The summed E-state index contributed by atoms with van der Waals surface area (Å²) in [5.74, 6) is 0.909. The molecule has 106 valence electrons. The summed E-state index contributed by atoms with van der Waals surface area (Å²) in [5, 5.41) is 9.33. The lowest BCUT2D eigenvalue weighted by Gasteiger charge is -2.12. The van der Waals surface area contributed by atoms with E-state index in [0.29, 0.717) is 17.3 Å². The van der Waals surface area contributed by atoms with E-state index in [4.69, 9.17) is 15.2 Å². The van der Waals surface area contributed by atoms with Crippen molar-refractivity contribution in [3.05, 3.63) is 29.5 Å². The van der Waals surface area contributed by atoms with Gasteiger partial charge >= 0.3 is 0 Å². The van der Waals surface area contributed by atoms with Crippen molar-refractivity contribution >= 4 is 17.4 Å². The molecule has 1 amide bonds. The maximum atomic E-state index is 12.2. The molecule has 2 rings (SSSR count). The molecule has 4 N–H and O–H groups in total. The number of nitrogens with zero attached hydrogens (tertiary/aromatic N) is 1. The third-order valence-corrected chi connectivity index (χ3v) is 2.76. The van der Waals surface area contributed by atoms with E-state index >= 15 is 0 Å². The van der Waals surface area contributed by atoms with Crippen LogP contribution in [-0.4, -0.2) is 30.3 Å². The summed E-state index contributed by atoms with van der Waals surface area (Å²) in [6.45, 7) is 1.84. The molecule has 0 radical (unpaired) electrons. The number of aromatic nitrogens is 2. The Morgan fingerprint density at radius 3 is 2.60 bits per heavy atom. The van der Waals surface area contributed by atoms with E-state index in [0.717, 1.165) is 5.69 Å². The molecule has 0 unspecified atom stereocenters. The van der Waals surface area contributed by atoms with Gasteiger partial charge in [-0.2, -0.15) is 5.10 Å². The first kappa shape index (κ1) is 13.7. The van der Waals surface area contributed by atoms with Gasteiger partial charge in [-0.3, -0.25) is 9.89 Å². The van der Waals surface area contributed by atoms with Crippen LogP contribution in [0.2, 0.25) is 0 Å². The van der Waals surface area contributed by atoms with Gasteiger partial charge in [-0.05, 0) is 13.0 Å². The van der Waals surface area contributed by atoms with Gasteiger partial charge in [0.05, 0.1) is 25.5 Å². The summed E-state index contributed by atoms with van der Waals surface area (Å²) >= 11 is 0. The quantitative estimate of drug-likeness (QED) is 0.736. The fraction of sp³-hybridized carbons (Fsp3) is 0.231. The summed E-state index contributed by atoms with van der Waals surface area (Å²) in [4.78, 5) is 12.2. The Morgan fingerprint density at radius 1 is 1.30 bits per heavy atom. The minimum atomic E-state index is -0.383. The monoisotopic (exact) mass is 276 g/mol. The zero-order chi connectivity index (χ0) is 14.7. The van der Waals surface area contributed by atoms with Gasteiger partial charge in [0.1, 0.15) is 11.5 Å². The van der Waals surface area contributed by atoms with Gasteiger partial charge in [-0.15, -0.1) is 0 Å². The molecule has 0 bridgehead atoms. The van der Waals surface area contributed by atoms with Crippen molar-refractivity contribution in [2.45, 2.75) is 6.92 Å². The average Bonchev–Trinajstić information content (AvgIpc) is 2.84. The number of rotatable bonds is 4. The smallest absolute Gasteiger partial charge is 0.259 e. The van der Waals surface area contributed by atoms with Gasteiger partial charge in [-0.25, -0.2) is 0 Å². The van der Waals surface area contributed by atoms with Crippen molar-refractivity contribution in [2.75, 3.05) is 25.3 Å². The molecular formula is C13H16N4O3. The Hall–Kier alpha value is -2.70. The van der Waals surface area contributed by atoms with Crippen LogP contribution in [0, 0.1) is 6.92 Å². The molecule has 1 heterocycles. The topological polar surface area (TPSA) is 102 Å². The molecule has 7 heteroatoms. The van der Waals surface area contributed by atoms with Crippen LogP contribution >= 0.6 is 0 Å². The molecule has 0 spiro atoms. The van der Waals surface area contributed by atoms with E-state index in [9.17, 15) is 4.79 Å². The molecule has 0 aliphatic rings. The van der Waals surface area contributed by atoms with Crippen molar-refractivity contribution in [1.29, 1.82) is 0 Å². The number of aryl methyl sites for hydroxylation is 1. The summed E-state index contributed by atoms with van der Waals surface area (Å²) in [5.41, 5.74) is 7.27. The molecule has 7 nitrogen and oxygen atoms in total. The number of aromatic amines is 1. The Kier molecular flexibility index (Phi) is 3.79. The molecule has 20 heavy (non-hydrogen) atoms. The van der Waals surface area contributed by atoms with Gasteiger partial charge in [0.15, 0.2) is 5.82 Å². The van der Waals surface area contributed by atoms with Crippen molar-refractivity contribution in [2.24, 2.45) is 0 Å². The molecule has 0 atom stereocenters. The van der Waals surface area contributed by atoms with Gasteiger partial charge in [-0.1, -0.05) is 0 Å². The molecule has 0 fully saturated rings. The second-order valence-electron chi connectivity index (χ2n) is 4.18. The lowest BCUT2D eigenvalue weighted by Crippen LogP contribution is -2.15. The highest BCUT2D eigenvalue weighted by Crippen LogP contribution is 2.31. The van der Waals surface area contributed by atoms with Crippen LogP contribution in [-0.2, 0) is 0 Å². The number of anilines is 2. The van der Waals surface area contributed by atoms with Crippen LogP contribution in [0.1, 0.15) is 16.1 Å². The minimum absolute atomic E-state index is 0.248. The number of methoxy groups -OCH3 is 2. The third-order valence-electron chi connectivity index (χ3n) is 2.76. The van der Waals surface area contributed by atoms with E-state index in [1.54, 1.807) is 18.2 Å². The van der Waals surface area contributed by atoms with Crippen molar-refractivity contribution in [3.8, 4) is 11.5 Å². The number of hydrogen-bond donors (Lipinski definition) is 3. The number of carbonyl (C=O) groups excluding carboxylic acids is 1. The Balaban J connectivity index is 2.33.